The number of unbranched alkanes of at least 4 members (excludes halogenated alkanes) is 6. The van der Waals surface area contributed by atoms with Gasteiger partial charge in [-0.25, -0.2) is 9.13 Å². The van der Waals surface area contributed by atoms with E-state index in [2.05, 4.69) is 118 Å². The van der Waals surface area contributed by atoms with E-state index >= 15 is 0 Å². The predicted molar refractivity (Wildman–Crippen MR) is 154 cm³/mol. The van der Waals surface area contributed by atoms with Crippen molar-refractivity contribution in [2.45, 2.75) is 58.0 Å². The van der Waals surface area contributed by atoms with Crippen LogP contribution < -0.4 is 33.1 Å². The SMILES string of the molecule is C[n+]1ccc2c(c1)c1ccccc1n2CCCCCCCCCn1c2ccccc2c2cc[n+](C)cc21.[I-]. The molecule has 6 aromatic rings. The summed E-state index contributed by atoms with van der Waals surface area (Å²) < 4.78 is 9.37. The Morgan fingerprint density at radius 1 is 0.474 bits per heavy atom. The molecule has 196 valence electrons. The van der Waals surface area contributed by atoms with Crippen LogP contribution in [-0.4, -0.2) is 9.13 Å². The molecule has 2 aromatic carbocycles. The second kappa shape index (κ2) is 11.9. The lowest BCUT2D eigenvalue weighted by atomic mass is 10.1. The van der Waals surface area contributed by atoms with Crippen LogP contribution in [0.2, 0.25) is 0 Å². The van der Waals surface area contributed by atoms with Crippen molar-refractivity contribution < 1.29 is 33.1 Å². The molecule has 0 N–H and O–H groups in total. The lowest BCUT2D eigenvalue weighted by Gasteiger charge is -2.08. The minimum Gasteiger partial charge on any atom is -1.00 e. The number of nitrogens with zero attached hydrogens (tertiary/aromatic N) is 4. The summed E-state index contributed by atoms with van der Waals surface area (Å²) in [6, 6.07) is 22.2. The van der Waals surface area contributed by atoms with Gasteiger partial charge in [-0.1, -0.05) is 68.5 Å². The van der Waals surface area contributed by atoms with Crippen LogP contribution in [0.25, 0.3) is 43.6 Å². The fraction of sp³-hybridized carbons (Fsp3) is 0.333. The van der Waals surface area contributed by atoms with Crippen LogP contribution in [0.5, 0.6) is 0 Å². The fourth-order valence-electron chi connectivity index (χ4n) is 6.10. The Bertz CT molecular complexity index is 1690. The Hall–Kier alpha value is -2.93. The predicted octanol–water partition coefficient (Wildman–Crippen LogP) is 3.99. The quantitative estimate of drug-likeness (QED) is 0.126. The Morgan fingerprint density at radius 2 is 0.921 bits per heavy atom. The molecule has 0 aliphatic carbocycles. The highest BCUT2D eigenvalue weighted by molar-refractivity contribution is 6.08. The van der Waals surface area contributed by atoms with Gasteiger partial charge < -0.3 is 33.1 Å². The van der Waals surface area contributed by atoms with Crippen molar-refractivity contribution in [2.75, 3.05) is 0 Å². The van der Waals surface area contributed by atoms with Crippen molar-refractivity contribution in [3.63, 3.8) is 0 Å². The van der Waals surface area contributed by atoms with Gasteiger partial charge in [-0.15, -0.1) is 0 Å². The van der Waals surface area contributed by atoms with E-state index in [-0.39, 0.29) is 24.0 Å². The maximum absolute atomic E-state index is 2.52. The second-order valence-electron chi connectivity index (χ2n) is 10.6. The Morgan fingerprint density at radius 3 is 1.58 bits per heavy atom. The molecule has 5 heteroatoms. The van der Waals surface area contributed by atoms with Crippen molar-refractivity contribution >= 4 is 43.6 Å². The third kappa shape index (κ3) is 5.18. The normalized spacial score (nSPS) is 11.6. The monoisotopic (exact) mass is 617 g/mol. The summed E-state index contributed by atoms with van der Waals surface area (Å²) in [4.78, 5) is 0. The largest absolute Gasteiger partial charge is 1.00 e. The molecule has 4 nitrogen and oxygen atoms in total. The van der Waals surface area contributed by atoms with E-state index in [9.17, 15) is 0 Å². The average molecular weight is 618 g/mol. The molecule has 0 unspecified atom stereocenters. The molecule has 38 heavy (non-hydrogen) atoms. The van der Waals surface area contributed by atoms with Gasteiger partial charge in [0.2, 0.25) is 0 Å². The van der Waals surface area contributed by atoms with Gasteiger partial charge in [0.15, 0.2) is 24.8 Å². The molecule has 0 radical (unpaired) electrons. The maximum atomic E-state index is 2.52. The molecule has 0 saturated heterocycles. The lowest BCUT2D eigenvalue weighted by molar-refractivity contribution is -0.670. The van der Waals surface area contributed by atoms with E-state index in [1.54, 1.807) is 0 Å². The summed E-state index contributed by atoms with van der Waals surface area (Å²) in [5.74, 6) is 0. The van der Waals surface area contributed by atoms with Crippen LogP contribution in [0, 0.1) is 0 Å². The highest BCUT2D eigenvalue weighted by atomic mass is 127. The molecule has 0 spiro atoms. The molecule has 0 aliphatic rings. The van der Waals surface area contributed by atoms with Gasteiger partial charge in [-0.3, -0.25) is 0 Å². The van der Waals surface area contributed by atoms with E-state index in [1.807, 2.05) is 0 Å². The standard InChI is InChI=1S/C33H38N4.HI/c1-34-23-19-32-29(24-34)27-15-9-11-17-31(27)36(32)20-12-6-4-3-5-7-13-21-37-30-16-10-8-14-26(30)28-18-22-35(2)25-33(28)37;/h8-11,14-19,22-25H,3-7,12-13,20-21H2,1-2H3;1H/q+2;/p-1. The number of fused-ring (bicyclic) bond motifs is 6. The minimum absolute atomic E-state index is 0. The molecule has 4 aromatic heterocycles. The zero-order valence-electron chi connectivity index (χ0n) is 22.6. The van der Waals surface area contributed by atoms with E-state index in [0.717, 1.165) is 13.1 Å². The van der Waals surface area contributed by atoms with E-state index in [1.165, 1.54) is 88.6 Å². The second-order valence-corrected chi connectivity index (χ2v) is 10.6. The van der Waals surface area contributed by atoms with Crippen LogP contribution >= 0.6 is 0 Å². The summed E-state index contributed by atoms with van der Waals surface area (Å²) in [7, 11) is 4.22. The van der Waals surface area contributed by atoms with Crippen LogP contribution in [0.15, 0.2) is 85.5 Å². The molecule has 6 rings (SSSR count). The highest BCUT2D eigenvalue weighted by Gasteiger charge is 2.14. The number of halogens is 1. The number of hydrogen-bond donors (Lipinski definition) is 0. The molecular weight excluding hydrogens is 579 g/mol. The topological polar surface area (TPSA) is 17.6 Å². The number of para-hydroxylation sites is 2. The first-order valence-electron chi connectivity index (χ1n) is 13.9. The van der Waals surface area contributed by atoms with Crippen molar-refractivity contribution in [1.29, 1.82) is 0 Å². The first-order valence-corrected chi connectivity index (χ1v) is 13.9. The zero-order chi connectivity index (χ0) is 25.2. The van der Waals surface area contributed by atoms with E-state index in [0.29, 0.717) is 0 Å². The summed E-state index contributed by atoms with van der Waals surface area (Å²) in [5.41, 5.74) is 5.44. The van der Waals surface area contributed by atoms with Crippen molar-refractivity contribution in [1.82, 2.24) is 9.13 Å². The molecule has 4 heterocycles. The molecule has 0 amide bonds. The summed E-state index contributed by atoms with van der Waals surface area (Å²) in [5, 5.41) is 5.46. The van der Waals surface area contributed by atoms with Crippen LogP contribution in [0.1, 0.15) is 44.9 Å². The first kappa shape index (κ1) is 26.7. The first-order chi connectivity index (χ1) is 18.2. The summed E-state index contributed by atoms with van der Waals surface area (Å²) in [6.07, 6.45) is 17.9. The average Bonchev–Trinajstić information content (AvgIpc) is 3.39. The van der Waals surface area contributed by atoms with Crippen LogP contribution in [0.4, 0.5) is 0 Å². The van der Waals surface area contributed by atoms with Crippen molar-refractivity contribution in [3.05, 3.63) is 85.5 Å². The van der Waals surface area contributed by atoms with Gasteiger partial charge in [0.05, 0.1) is 10.9 Å². The molecule has 0 fully saturated rings. The number of hydrogen-bond acceptors (Lipinski definition) is 0. The molecular formula is C33H38IN4+. The smallest absolute Gasteiger partial charge is 0.193 e. The Kier molecular flexibility index (Phi) is 8.32. The molecule has 0 aliphatic heterocycles. The van der Waals surface area contributed by atoms with Gasteiger partial charge in [-0.05, 0) is 25.0 Å². The molecule has 0 saturated carbocycles. The Labute approximate surface area is 242 Å². The summed E-state index contributed by atoms with van der Waals surface area (Å²) >= 11 is 0. The van der Waals surface area contributed by atoms with E-state index < -0.39 is 0 Å². The van der Waals surface area contributed by atoms with Gasteiger partial charge >= 0.3 is 0 Å². The van der Waals surface area contributed by atoms with Crippen molar-refractivity contribution in [2.24, 2.45) is 14.1 Å². The number of aromatic nitrogens is 4. The number of rotatable bonds is 10. The number of benzene rings is 2. The van der Waals surface area contributed by atoms with Crippen molar-refractivity contribution in [3.8, 4) is 0 Å². The third-order valence-corrected chi connectivity index (χ3v) is 7.97. The van der Waals surface area contributed by atoms with Gasteiger partial charge in [0.25, 0.3) is 0 Å². The molecule has 0 atom stereocenters. The van der Waals surface area contributed by atoms with Crippen LogP contribution in [-0.2, 0) is 27.2 Å². The van der Waals surface area contributed by atoms with Crippen LogP contribution in [0.3, 0.4) is 0 Å². The Balaban J connectivity index is 0.00000294. The minimum atomic E-state index is 0. The third-order valence-electron chi connectivity index (χ3n) is 7.97. The number of pyridine rings is 2. The molecule has 0 bridgehead atoms. The highest BCUT2D eigenvalue weighted by Crippen LogP contribution is 2.29. The van der Waals surface area contributed by atoms with Gasteiger partial charge in [0.1, 0.15) is 19.6 Å². The van der Waals surface area contributed by atoms with Gasteiger partial charge in [0, 0.05) is 52.4 Å². The van der Waals surface area contributed by atoms with Gasteiger partial charge in [-0.2, -0.15) is 0 Å². The lowest BCUT2D eigenvalue weighted by Crippen LogP contribution is -3.00. The number of aryl methyl sites for hydroxylation is 4. The zero-order valence-corrected chi connectivity index (χ0v) is 24.8. The summed E-state index contributed by atoms with van der Waals surface area (Å²) in [6.45, 7) is 2.20. The van der Waals surface area contributed by atoms with E-state index in [4.69, 9.17) is 0 Å². The maximum Gasteiger partial charge on any atom is 0.193 e. The fourth-order valence-corrected chi connectivity index (χ4v) is 6.10.